The largest absolute Gasteiger partial charge is 0.486 e. The summed E-state index contributed by atoms with van der Waals surface area (Å²) >= 11 is 0. The molecule has 6 heteroatoms. The zero-order valence-corrected chi connectivity index (χ0v) is 18.8. The molecule has 2 aromatic heterocycles. The van der Waals surface area contributed by atoms with Crippen LogP contribution in [0.2, 0.25) is 0 Å². The van der Waals surface area contributed by atoms with Gasteiger partial charge in [0.25, 0.3) is 0 Å². The molecule has 0 saturated carbocycles. The molecule has 2 atom stereocenters. The molecule has 170 valence electrons. The van der Waals surface area contributed by atoms with E-state index in [2.05, 4.69) is 21.4 Å². The molecule has 6 rings (SSSR count). The zero-order chi connectivity index (χ0) is 22.4. The number of nitrogens with zero attached hydrogens (tertiary/aromatic N) is 1. The van der Waals surface area contributed by atoms with Crippen LogP contribution in [0.25, 0.3) is 21.8 Å². The third-order valence-electron chi connectivity index (χ3n) is 6.99. The average Bonchev–Trinajstić information content (AvgIpc) is 3.18. The number of aromatic amines is 1. The Labute approximate surface area is 192 Å². The molecule has 0 saturated heterocycles. The van der Waals surface area contributed by atoms with Crippen LogP contribution in [-0.4, -0.2) is 35.8 Å². The van der Waals surface area contributed by atoms with Gasteiger partial charge in [-0.3, -0.25) is 4.98 Å². The monoisotopic (exact) mass is 445 g/mol. The molecule has 2 N–H and O–H groups in total. The Bertz CT molecular complexity index is 1330. The summed E-state index contributed by atoms with van der Waals surface area (Å²) in [6.07, 6.45) is 4.28. The molecule has 2 aromatic carbocycles. The predicted octanol–water partition coefficient (Wildman–Crippen LogP) is 5.09. The van der Waals surface area contributed by atoms with E-state index in [1.807, 2.05) is 31.2 Å². The van der Waals surface area contributed by atoms with Crippen molar-refractivity contribution in [3.05, 3.63) is 65.2 Å². The molecule has 1 aliphatic carbocycles. The Balaban J connectivity index is 1.05. The second-order valence-electron chi connectivity index (χ2n) is 9.34. The van der Waals surface area contributed by atoms with Gasteiger partial charge < -0.3 is 19.8 Å². The molecule has 0 radical (unpaired) electrons. The van der Waals surface area contributed by atoms with E-state index in [1.165, 1.54) is 23.7 Å². The van der Waals surface area contributed by atoms with Gasteiger partial charge in [-0.15, -0.1) is 0 Å². The van der Waals surface area contributed by atoms with Gasteiger partial charge in [-0.1, -0.05) is 0 Å². The number of rotatable bonds is 5. The van der Waals surface area contributed by atoms with Crippen molar-refractivity contribution in [2.24, 2.45) is 5.92 Å². The van der Waals surface area contributed by atoms with Gasteiger partial charge >= 0.3 is 0 Å². The van der Waals surface area contributed by atoms with Crippen molar-refractivity contribution in [1.29, 1.82) is 0 Å². The van der Waals surface area contributed by atoms with Crippen LogP contribution in [0.1, 0.15) is 29.8 Å². The summed E-state index contributed by atoms with van der Waals surface area (Å²) in [5, 5.41) is 5.61. The highest BCUT2D eigenvalue weighted by molar-refractivity contribution is 5.88. The molecule has 0 fully saturated rings. The standard InChI is InChI=1S/C27H28FN3O2/c1-16-2-5-20-23(30-16)8-9-26-27(20)33-19(15-32-26)14-29-11-10-17-3-6-24-21(12-17)22-13-18(28)4-7-25(22)31-24/h2,4-5,7-9,13,17,19,29,31H,3,6,10-12,14-15H2,1H3/t17-,19+/m1/s1. The Morgan fingerprint density at radius 3 is 3.03 bits per heavy atom. The lowest BCUT2D eigenvalue weighted by molar-refractivity contribution is 0.0922. The number of aryl methyl sites for hydroxylation is 2. The van der Waals surface area contributed by atoms with Crippen molar-refractivity contribution in [3.63, 3.8) is 0 Å². The lowest BCUT2D eigenvalue weighted by Crippen LogP contribution is -2.39. The molecule has 0 unspecified atom stereocenters. The molecule has 0 bridgehead atoms. The summed E-state index contributed by atoms with van der Waals surface area (Å²) in [7, 11) is 0. The Kier molecular flexibility index (Phi) is 5.18. The number of pyridine rings is 1. The van der Waals surface area contributed by atoms with Crippen LogP contribution in [0.5, 0.6) is 11.5 Å². The van der Waals surface area contributed by atoms with Crippen molar-refractivity contribution >= 4 is 21.8 Å². The molecule has 4 aromatic rings. The second kappa shape index (κ2) is 8.34. The smallest absolute Gasteiger partial charge is 0.171 e. The minimum absolute atomic E-state index is 0.0287. The van der Waals surface area contributed by atoms with Crippen molar-refractivity contribution < 1.29 is 13.9 Å². The number of ether oxygens (including phenoxy) is 2. The van der Waals surface area contributed by atoms with Crippen molar-refractivity contribution in [2.45, 2.75) is 38.7 Å². The number of hydrogen-bond donors (Lipinski definition) is 2. The highest BCUT2D eigenvalue weighted by Gasteiger charge is 2.25. The van der Waals surface area contributed by atoms with E-state index < -0.39 is 0 Å². The molecular formula is C27H28FN3O2. The Morgan fingerprint density at radius 1 is 1.15 bits per heavy atom. The summed E-state index contributed by atoms with van der Waals surface area (Å²) in [5.74, 6) is 2.03. The van der Waals surface area contributed by atoms with Gasteiger partial charge in [0.05, 0.1) is 5.52 Å². The zero-order valence-electron chi connectivity index (χ0n) is 18.8. The van der Waals surface area contributed by atoms with Crippen molar-refractivity contribution in [3.8, 4) is 11.5 Å². The number of halogens is 1. The van der Waals surface area contributed by atoms with Gasteiger partial charge in [-0.25, -0.2) is 4.39 Å². The van der Waals surface area contributed by atoms with E-state index in [1.54, 1.807) is 6.07 Å². The molecular weight excluding hydrogens is 417 g/mol. The molecule has 33 heavy (non-hydrogen) atoms. The lowest BCUT2D eigenvalue weighted by atomic mass is 9.84. The fraction of sp³-hybridized carbons (Fsp3) is 0.370. The summed E-state index contributed by atoms with van der Waals surface area (Å²) in [6.45, 7) is 4.20. The third-order valence-corrected chi connectivity index (χ3v) is 6.99. The van der Waals surface area contributed by atoms with Gasteiger partial charge in [0.1, 0.15) is 18.5 Å². The first-order valence-corrected chi connectivity index (χ1v) is 11.8. The maximum Gasteiger partial charge on any atom is 0.171 e. The van der Waals surface area contributed by atoms with E-state index >= 15 is 0 Å². The SMILES string of the molecule is Cc1ccc2c3c(ccc2n1)OC[C@H](CNCC[C@H]1CCc2[nH]c4ccc(F)cc4c2C1)O3. The first kappa shape index (κ1) is 20.5. The van der Waals surface area contributed by atoms with Crippen LogP contribution in [0.3, 0.4) is 0 Å². The van der Waals surface area contributed by atoms with E-state index in [0.29, 0.717) is 12.5 Å². The fourth-order valence-electron chi connectivity index (χ4n) is 5.26. The van der Waals surface area contributed by atoms with E-state index in [4.69, 9.17) is 9.47 Å². The number of benzene rings is 2. The molecule has 3 heterocycles. The summed E-state index contributed by atoms with van der Waals surface area (Å²) < 4.78 is 26.0. The number of aromatic nitrogens is 2. The van der Waals surface area contributed by atoms with Crippen LogP contribution in [-0.2, 0) is 12.8 Å². The quantitative estimate of drug-likeness (QED) is 0.420. The maximum atomic E-state index is 13.8. The van der Waals surface area contributed by atoms with Crippen LogP contribution in [0, 0.1) is 18.7 Å². The van der Waals surface area contributed by atoms with Crippen LogP contribution in [0.4, 0.5) is 4.39 Å². The topological polar surface area (TPSA) is 59.2 Å². The van der Waals surface area contributed by atoms with E-state index in [0.717, 1.165) is 71.4 Å². The highest BCUT2D eigenvalue weighted by atomic mass is 19.1. The minimum Gasteiger partial charge on any atom is -0.486 e. The lowest BCUT2D eigenvalue weighted by Gasteiger charge is -2.28. The molecule has 2 aliphatic rings. The molecule has 0 amide bonds. The van der Waals surface area contributed by atoms with Crippen LogP contribution >= 0.6 is 0 Å². The summed E-state index contributed by atoms with van der Waals surface area (Å²) in [4.78, 5) is 8.08. The van der Waals surface area contributed by atoms with E-state index in [9.17, 15) is 4.39 Å². The first-order valence-electron chi connectivity index (χ1n) is 11.8. The van der Waals surface area contributed by atoms with E-state index in [-0.39, 0.29) is 11.9 Å². The van der Waals surface area contributed by atoms with Gasteiger partial charge in [0.15, 0.2) is 11.5 Å². The Hall–Kier alpha value is -3.12. The molecule has 5 nitrogen and oxygen atoms in total. The molecule has 0 spiro atoms. The van der Waals surface area contributed by atoms with Gasteiger partial charge in [0, 0.05) is 34.2 Å². The van der Waals surface area contributed by atoms with Crippen molar-refractivity contribution in [1.82, 2.24) is 15.3 Å². The third kappa shape index (κ3) is 3.93. The van der Waals surface area contributed by atoms with Crippen LogP contribution in [0.15, 0.2) is 42.5 Å². The predicted molar refractivity (Wildman–Crippen MR) is 128 cm³/mol. The van der Waals surface area contributed by atoms with Gasteiger partial charge in [-0.2, -0.15) is 0 Å². The highest BCUT2D eigenvalue weighted by Crippen LogP contribution is 2.38. The summed E-state index contributed by atoms with van der Waals surface area (Å²) in [5.41, 5.74) is 5.55. The second-order valence-corrected chi connectivity index (χ2v) is 9.34. The van der Waals surface area contributed by atoms with Gasteiger partial charge in [0.2, 0.25) is 0 Å². The first-order chi connectivity index (χ1) is 16.1. The normalized spacial score (nSPS) is 19.7. The Morgan fingerprint density at radius 2 is 2.09 bits per heavy atom. The number of hydrogen-bond acceptors (Lipinski definition) is 4. The minimum atomic E-state index is -0.164. The van der Waals surface area contributed by atoms with Crippen LogP contribution < -0.4 is 14.8 Å². The fourth-order valence-corrected chi connectivity index (χ4v) is 5.26. The number of fused-ring (bicyclic) bond motifs is 6. The maximum absolute atomic E-state index is 13.8. The molecule has 1 aliphatic heterocycles. The average molecular weight is 446 g/mol. The van der Waals surface area contributed by atoms with Crippen molar-refractivity contribution in [2.75, 3.05) is 19.7 Å². The number of H-pyrrole nitrogens is 1. The number of nitrogens with one attached hydrogen (secondary N) is 2. The summed E-state index contributed by atoms with van der Waals surface area (Å²) in [6, 6.07) is 13.0. The van der Waals surface area contributed by atoms with Gasteiger partial charge in [-0.05, 0) is 93.1 Å².